The van der Waals surface area contributed by atoms with Gasteiger partial charge in [0, 0.05) is 26.9 Å². The first-order valence-corrected chi connectivity index (χ1v) is 11.5. The SMILES string of the molecule is CSc1ccc(NC(=O)CN2CCc3sccc3[C@H]2c2cccs2)cc1. The highest BCUT2D eigenvalue weighted by atomic mass is 32.2. The van der Waals surface area contributed by atoms with Gasteiger partial charge in [0.1, 0.15) is 0 Å². The van der Waals surface area contributed by atoms with Crippen molar-refractivity contribution in [2.24, 2.45) is 0 Å². The van der Waals surface area contributed by atoms with Crippen LogP contribution in [0.2, 0.25) is 0 Å². The molecule has 0 aliphatic carbocycles. The molecule has 0 spiro atoms. The number of hydrogen-bond acceptors (Lipinski definition) is 5. The Balaban J connectivity index is 1.50. The van der Waals surface area contributed by atoms with Crippen molar-refractivity contribution < 1.29 is 4.79 Å². The van der Waals surface area contributed by atoms with E-state index in [2.05, 4.69) is 39.2 Å². The smallest absolute Gasteiger partial charge is 0.238 e. The number of thiophene rings is 2. The molecule has 1 aliphatic heterocycles. The molecule has 3 heterocycles. The Bertz CT molecular complexity index is 871. The van der Waals surface area contributed by atoms with E-state index in [1.807, 2.05) is 41.9 Å². The highest BCUT2D eigenvalue weighted by Gasteiger charge is 2.31. The van der Waals surface area contributed by atoms with Crippen LogP contribution in [0.15, 0.2) is 58.1 Å². The Hall–Kier alpha value is -1.60. The third-order valence-corrected chi connectivity index (χ3v) is 7.26. The molecule has 1 atom stereocenters. The lowest BCUT2D eigenvalue weighted by Crippen LogP contribution is -2.40. The number of carbonyl (C=O) groups excluding carboxylic acids is 1. The molecule has 0 fully saturated rings. The second kappa shape index (κ2) is 7.96. The molecule has 4 rings (SSSR count). The monoisotopic (exact) mass is 400 g/mol. The Labute approximate surface area is 166 Å². The molecule has 6 heteroatoms. The maximum atomic E-state index is 12.6. The number of benzene rings is 1. The minimum Gasteiger partial charge on any atom is -0.325 e. The van der Waals surface area contributed by atoms with Crippen LogP contribution in [0.25, 0.3) is 0 Å². The van der Waals surface area contributed by atoms with Crippen molar-refractivity contribution in [1.82, 2.24) is 4.90 Å². The van der Waals surface area contributed by atoms with Crippen molar-refractivity contribution in [3.63, 3.8) is 0 Å². The molecule has 0 bridgehead atoms. The lowest BCUT2D eigenvalue weighted by atomic mass is 9.98. The molecule has 1 aromatic carbocycles. The van der Waals surface area contributed by atoms with Crippen LogP contribution in [0.5, 0.6) is 0 Å². The summed E-state index contributed by atoms with van der Waals surface area (Å²) in [5.74, 6) is 0.0436. The highest BCUT2D eigenvalue weighted by molar-refractivity contribution is 7.98. The van der Waals surface area contributed by atoms with E-state index in [-0.39, 0.29) is 11.9 Å². The fourth-order valence-electron chi connectivity index (χ4n) is 3.38. The number of nitrogens with zero attached hydrogens (tertiary/aromatic N) is 1. The number of fused-ring (bicyclic) bond motifs is 1. The van der Waals surface area contributed by atoms with Gasteiger partial charge in [-0.3, -0.25) is 9.69 Å². The van der Waals surface area contributed by atoms with Crippen LogP contribution in [0.3, 0.4) is 0 Å². The molecular weight excluding hydrogens is 380 g/mol. The zero-order valence-corrected chi connectivity index (χ0v) is 16.9. The van der Waals surface area contributed by atoms with E-state index < -0.39 is 0 Å². The predicted molar refractivity (Wildman–Crippen MR) is 113 cm³/mol. The van der Waals surface area contributed by atoms with Crippen LogP contribution in [-0.4, -0.2) is 30.2 Å². The second-order valence-electron chi connectivity index (χ2n) is 6.21. The zero-order chi connectivity index (χ0) is 17.9. The summed E-state index contributed by atoms with van der Waals surface area (Å²) in [6.07, 6.45) is 3.07. The minimum absolute atomic E-state index is 0.0436. The van der Waals surface area contributed by atoms with Crippen LogP contribution in [-0.2, 0) is 11.2 Å². The number of nitrogens with one attached hydrogen (secondary N) is 1. The predicted octanol–water partition coefficient (Wildman–Crippen LogP) is 5.12. The van der Waals surface area contributed by atoms with E-state index in [0.717, 1.165) is 18.7 Å². The maximum absolute atomic E-state index is 12.6. The van der Waals surface area contributed by atoms with Gasteiger partial charge in [0.25, 0.3) is 0 Å². The number of rotatable bonds is 5. The van der Waals surface area contributed by atoms with Crippen molar-refractivity contribution in [1.29, 1.82) is 0 Å². The molecule has 0 saturated carbocycles. The highest BCUT2D eigenvalue weighted by Crippen LogP contribution is 2.39. The molecule has 1 amide bonds. The first-order chi connectivity index (χ1) is 12.7. The van der Waals surface area contributed by atoms with Gasteiger partial charge in [0.2, 0.25) is 5.91 Å². The zero-order valence-electron chi connectivity index (χ0n) is 14.5. The summed E-state index contributed by atoms with van der Waals surface area (Å²) in [6.45, 7) is 1.32. The topological polar surface area (TPSA) is 32.3 Å². The standard InChI is InChI=1S/C20H20N2OS3/c1-24-15-6-4-14(5-7-15)21-19(23)13-22-10-8-17-16(9-12-26-17)20(22)18-3-2-11-25-18/h2-7,9,11-12,20H,8,10,13H2,1H3,(H,21,23)/t20-/m0/s1. The molecule has 3 aromatic rings. The van der Waals surface area contributed by atoms with Gasteiger partial charge in [-0.15, -0.1) is 34.4 Å². The molecule has 0 radical (unpaired) electrons. The lowest BCUT2D eigenvalue weighted by molar-refractivity contribution is -0.117. The van der Waals surface area contributed by atoms with Gasteiger partial charge in [-0.2, -0.15) is 0 Å². The summed E-state index contributed by atoms with van der Waals surface area (Å²) in [5.41, 5.74) is 2.22. The van der Waals surface area contributed by atoms with Crippen LogP contribution in [0.4, 0.5) is 5.69 Å². The normalized spacial score (nSPS) is 17.0. The molecule has 3 nitrogen and oxygen atoms in total. The van der Waals surface area contributed by atoms with Gasteiger partial charge in [0.05, 0.1) is 12.6 Å². The average Bonchev–Trinajstić information content (AvgIpc) is 3.34. The quantitative estimate of drug-likeness (QED) is 0.604. The summed E-state index contributed by atoms with van der Waals surface area (Å²) in [6, 6.07) is 14.7. The first kappa shape index (κ1) is 17.8. The minimum atomic E-state index is 0.0436. The Kier molecular flexibility index (Phi) is 5.45. The first-order valence-electron chi connectivity index (χ1n) is 8.52. The summed E-state index contributed by atoms with van der Waals surface area (Å²) >= 11 is 5.29. The third kappa shape index (κ3) is 3.74. The molecule has 2 aromatic heterocycles. The summed E-state index contributed by atoms with van der Waals surface area (Å²) in [5, 5.41) is 7.32. The molecule has 1 aliphatic rings. The van der Waals surface area contributed by atoms with Gasteiger partial charge in [-0.1, -0.05) is 6.07 Å². The average molecular weight is 401 g/mol. The number of carbonyl (C=O) groups is 1. The summed E-state index contributed by atoms with van der Waals surface area (Å²) < 4.78 is 0. The van der Waals surface area contributed by atoms with Crippen LogP contribution >= 0.6 is 34.4 Å². The summed E-state index contributed by atoms with van der Waals surface area (Å²) in [7, 11) is 0. The maximum Gasteiger partial charge on any atom is 0.238 e. The van der Waals surface area contributed by atoms with Crippen LogP contribution in [0.1, 0.15) is 21.4 Å². The van der Waals surface area contributed by atoms with E-state index in [9.17, 15) is 4.79 Å². The van der Waals surface area contributed by atoms with Gasteiger partial charge >= 0.3 is 0 Å². The van der Waals surface area contributed by atoms with E-state index in [1.165, 1.54) is 20.2 Å². The van der Waals surface area contributed by atoms with Crippen molar-refractivity contribution in [2.75, 3.05) is 24.7 Å². The Morgan fingerprint density at radius 1 is 1.19 bits per heavy atom. The number of amides is 1. The molecule has 1 N–H and O–H groups in total. The molecule has 0 saturated heterocycles. The summed E-state index contributed by atoms with van der Waals surface area (Å²) in [4.78, 5) is 18.9. The number of thioether (sulfide) groups is 1. The fourth-order valence-corrected chi connectivity index (χ4v) is 5.57. The van der Waals surface area contributed by atoms with Crippen molar-refractivity contribution in [2.45, 2.75) is 17.4 Å². The van der Waals surface area contributed by atoms with E-state index in [0.29, 0.717) is 6.54 Å². The number of anilines is 1. The fraction of sp³-hybridized carbons (Fsp3) is 0.250. The van der Waals surface area contributed by atoms with Crippen molar-refractivity contribution in [3.8, 4) is 0 Å². The third-order valence-electron chi connectivity index (χ3n) is 4.60. The van der Waals surface area contributed by atoms with Gasteiger partial charge in [-0.25, -0.2) is 0 Å². The second-order valence-corrected chi connectivity index (χ2v) is 9.07. The number of hydrogen-bond donors (Lipinski definition) is 1. The molecule has 0 unspecified atom stereocenters. The van der Waals surface area contributed by atoms with Gasteiger partial charge < -0.3 is 5.32 Å². The lowest BCUT2D eigenvalue weighted by Gasteiger charge is -2.34. The van der Waals surface area contributed by atoms with Gasteiger partial charge in [-0.05, 0) is 65.4 Å². The Morgan fingerprint density at radius 2 is 2.04 bits per heavy atom. The van der Waals surface area contributed by atoms with Gasteiger partial charge in [0.15, 0.2) is 0 Å². The van der Waals surface area contributed by atoms with Crippen LogP contribution in [0, 0.1) is 0 Å². The van der Waals surface area contributed by atoms with Crippen molar-refractivity contribution >= 4 is 46.0 Å². The largest absolute Gasteiger partial charge is 0.325 e. The molecular formula is C20H20N2OS3. The van der Waals surface area contributed by atoms with E-state index >= 15 is 0 Å². The van der Waals surface area contributed by atoms with E-state index in [1.54, 1.807) is 23.1 Å². The van der Waals surface area contributed by atoms with Crippen LogP contribution < -0.4 is 5.32 Å². The molecule has 26 heavy (non-hydrogen) atoms. The van der Waals surface area contributed by atoms with Crippen molar-refractivity contribution in [3.05, 3.63) is 68.5 Å². The van der Waals surface area contributed by atoms with E-state index in [4.69, 9.17) is 0 Å². The Morgan fingerprint density at radius 3 is 2.77 bits per heavy atom. The molecule has 134 valence electrons.